The van der Waals surface area contributed by atoms with Crippen LogP contribution >= 0.6 is 16.9 Å². The first-order valence-corrected chi connectivity index (χ1v) is 9.94. The van der Waals surface area contributed by atoms with Crippen molar-refractivity contribution in [2.24, 2.45) is 0 Å². The molecule has 2 aromatic carbocycles. The van der Waals surface area contributed by atoms with Gasteiger partial charge >= 0.3 is 0 Å². The molecule has 0 aromatic heterocycles. The van der Waals surface area contributed by atoms with E-state index in [2.05, 4.69) is 52.6 Å². The number of fused-ring (bicyclic) bond motifs is 1. The molecule has 0 saturated heterocycles. The summed E-state index contributed by atoms with van der Waals surface area (Å²) in [6.07, 6.45) is 0. The molecule has 0 aliphatic carbocycles. The van der Waals surface area contributed by atoms with Gasteiger partial charge in [0.15, 0.2) is 5.54 Å². The number of nitrogens with one attached hydrogen (secondary N) is 2. The highest BCUT2D eigenvalue weighted by Gasteiger charge is 2.26. The molecule has 2 aromatic rings. The molecule has 1 aliphatic heterocycles. The Morgan fingerprint density at radius 3 is 2.56 bits per heavy atom. The SMILES string of the molecule is S=P1(NCc2ccccc2)Nc2ccccc2S1. The van der Waals surface area contributed by atoms with Gasteiger partial charge in [-0.3, -0.25) is 5.09 Å². The van der Waals surface area contributed by atoms with Crippen molar-refractivity contribution in [3.8, 4) is 0 Å². The second-order valence-corrected chi connectivity index (χ2v) is 10.9. The maximum absolute atomic E-state index is 5.72. The van der Waals surface area contributed by atoms with E-state index in [0.29, 0.717) is 0 Å². The number of hydrogen-bond donors (Lipinski definition) is 2. The van der Waals surface area contributed by atoms with Crippen molar-refractivity contribution in [2.45, 2.75) is 11.4 Å². The summed E-state index contributed by atoms with van der Waals surface area (Å²) in [7, 11) is 0. The second kappa shape index (κ2) is 5.06. The van der Waals surface area contributed by atoms with E-state index in [0.717, 1.165) is 12.2 Å². The lowest BCUT2D eigenvalue weighted by molar-refractivity contribution is 0.968. The van der Waals surface area contributed by atoms with Crippen molar-refractivity contribution >= 4 is 34.4 Å². The van der Waals surface area contributed by atoms with Crippen molar-refractivity contribution in [2.75, 3.05) is 5.09 Å². The van der Waals surface area contributed by atoms with E-state index >= 15 is 0 Å². The van der Waals surface area contributed by atoms with E-state index in [1.54, 1.807) is 11.4 Å². The van der Waals surface area contributed by atoms with Gasteiger partial charge in [-0.15, -0.1) is 0 Å². The monoisotopic (exact) mass is 292 g/mol. The fraction of sp³-hybridized carbons (Fsp3) is 0.0769. The van der Waals surface area contributed by atoms with Crippen molar-refractivity contribution in [1.82, 2.24) is 5.09 Å². The van der Waals surface area contributed by atoms with E-state index in [1.165, 1.54) is 10.5 Å². The van der Waals surface area contributed by atoms with E-state index in [-0.39, 0.29) is 0 Å². The number of anilines is 1. The molecule has 18 heavy (non-hydrogen) atoms. The highest BCUT2D eigenvalue weighted by molar-refractivity contribution is 8.71. The first-order chi connectivity index (χ1) is 8.75. The molecule has 0 fully saturated rings. The van der Waals surface area contributed by atoms with Crippen molar-refractivity contribution in [3.63, 3.8) is 0 Å². The molecule has 5 heteroatoms. The lowest BCUT2D eigenvalue weighted by Gasteiger charge is -2.17. The van der Waals surface area contributed by atoms with Crippen LogP contribution in [0.15, 0.2) is 59.5 Å². The average molecular weight is 292 g/mol. The van der Waals surface area contributed by atoms with Gasteiger partial charge in [-0.05, 0) is 29.5 Å². The van der Waals surface area contributed by atoms with Crippen molar-refractivity contribution in [3.05, 3.63) is 60.2 Å². The summed E-state index contributed by atoms with van der Waals surface area (Å²) < 4.78 is 0. The van der Waals surface area contributed by atoms with Gasteiger partial charge in [0.1, 0.15) is 0 Å². The first-order valence-electron chi connectivity index (χ1n) is 5.71. The molecule has 92 valence electrons. The van der Waals surface area contributed by atoms with E-state index < -0.39 is 5.54 Å². The van der Waals surface area contributed by atoms with Crippen LogP contribution in [0.25, 0.3) is 0 Å². The van der Waals surface area contributed by atoms with Crippen molar-refractivity contribution in [1.29, 1.82) is 0 Å². The van der Waals surface area contributed by atoms with Crippen LogP contribution in [0.5, 0.6) is 0 Å². The van der Waals surface area contributed by atoms with Gasteiger partial charge in [0.05, 0.1) is 5.69 Å². The summed E-state index contributed by atoms with van der Waals surface area (Å²) >= 11 is 7.48. The fourth-order valence-electron chi connectivity index (χ4n) is 1.82. The van der Waals surface area contributed by atoms with Crippen LogP contribution in [0.1, 0.15) is 5.56 Å². The summed E-state index contributed by atoms with van der Waals surface area (Å²) in [5, 5.41) is 6.96. The molecule has 0 saturated carbocycles. The van der Waals surface area contributed by atoms with Gasteiger partial charge in [-0.2, -0.15) is 0 Å². The lowest BCUT2D eigenvalue weighted by Crippen LogP contribution is -2.10. The minimum atomic E-state index is -1.77. The van der Waals surface area contributed by atoms with Gasteiger partial charge in [0, 0.05) is 11.4 Å². The Kier molecular flexibility index (Phi) is 3.44. The summed E-state index contributed by atoms with van der Waals surface area (Å²) in [4.78, 5) is 1.25. The van der Waals surface area contributed by atoms with Crippen LogP contribution in [0, 0.1) is 0 Å². The summed E-state index contributed by atoms with van der Waals surface area (Å²) in [5.41, 5.74) is 0.655. The Morgan fingerprint density at radius 1 is 1.06 bits per heavy atom. The van der Waals surface area contributed by atoms with Gasteiger partial charge in [0.25, 0.3) is 0 Å². The summed E-state index contributed by atoms with van der Waals surface area (Å²) in [6, 6.07) is 18.6. The molecule has 3 rings (SSSR count). The standard InChI is InChI=1S/C13H13N2PS2/c17-16(14-10-11-6-2-1-3-7-11)15-12-8-4-5-9-13(12)18-16/h1-9H,10H2,(H2,14,15,17). The third kappa shape index (κ3) is 2.62. The molecule has 0 bridgehead atoms. The predicted molar refractivity (Wildman–Crippen MR) is 83.5 cm³/mol. The maximum Gasteiger partial charge on any atom is 0.156 e. The Morgan fingerprint density at radius 2 is 1.78 bits per heavy atom. The Hall–Kier alpha value is -0.800. The van der Waals surface area contributed by atoms with Crippen LogP contribution < -0.4 is 10.2 Å². The van der Waals surface area contributed by atoms with Crippen LogP contribution in [0.4, 0.5) is 5.69 Å². The van der Waals surface area contributed by atoms with Gasteiger partial charge in [0.2, 0.25) is 0 Å². The molecule has 1 heterocycles. The molecule has 0 spiro atoms. The molecule has 0 radical (unpaired) electrons. The van der Waals surface area contributed by atoms with E-state index in [9.17, 15) is 0 Å². The van der Waals surface area contributed by atoms with Crippen LogP contribution in [0.2, 0.25) is 0 Å². The minimum absolute atomic E-state index is 0.812. The molecule has 2 nitrogen and oxygen atoms in total. The zero-order valence-electron chi connectivity index (χ0n) is 9.67. The highest BCUT2D eigenvalue weighted by atomic mass is 32.9. The lowest BCUT2D eigenvalue weighted by atomic mass is 10.2. The minimum Gasteiger partial charge on any atom is -0.337 e. The molecular weight excluding hydrogens is 279 g/mol. The normalized spacial score (nSPS) is 21.3. The molecule has 1 atom stereocenters. The number of benzene rings is 2. The summed E-state index contributed by atoms with van der Waals surface area (Å²) in [6.45, 7) is 0.812. The average Bonchev–Trinajstić information content (AvgIpc) is 2.74. The summed E-state index contributed by atoms with van der Waals surface area (Å²) in [5.74, 6) is 0. The largest absolute Gasteiger partial charge is 0.337 e. The Bertz CT molecular complexity index is 572. The van der Waals surface area contributed by atoms with Gasteiger partial charge < -0.3 is 5.09 Å². The topological polar surface area (TPSA) is 24.1 Å². The van der Waals surface area contributed by atoms with Crippen LogP contribution in [0.3, 0.4) is 0 Å². The van der Waals surface area contributed by atoms with Gasteiger partial charge in [-0.25, -0.2) is 0 Å². The van der Waals surface area contributed by atoms with Crippen LogP contribution in [-0.2, 0) is 18.4 Å². The predicted octanol–water partition coefficient (Wildman–Crippen LogP) is 4.22. The third-order valence-electron chi connectivity index (χ3n) is 2.72. The second-order valence-electron chi connectivity index (χ2n) is 4.07. The van der Waals surface area contributed by atoms with Gasteiger partial charge in [-0.1, -0.05) is 53.8 Å². The highest BCUT2D eigenvalue weighted by Crippen LogP contribution is 2.65. The molecule has 1 aliphatic rings. The third-order valence-corrected chi connectivity index (χ3v) is 7.99. The van der Waals surface area contributed by atoms with Crippen LogP contribution in [-0.4, -0.2) is 0 Å². The molecule has 0 amide bonds. The van der Waals surface area contributed by atoms with Crippen molar-refractivity contribution < 1.29 is 0 Å². The fourth-order valence-corrected chi connectivity index (χ4v) is 6.96. The first kappa shape index (κ1) is 12.2. The smallest absolute Gasteiger partial charge is 0.156 e. The zero-order valence-corrected chi connectivity index (χ0v) is 12.2. The molecular formula is C13H13N2PS2. The molecule has 2 N–H and O–H groups in total. The Labute approximate surface area is 116 Å². The Balaban J connectivity index is 1.70. The zero-order chi connectivity index (χ0) is 12.4. The van der Waals surface area contributed by atoms with E-state index in [1.807, 2.05) is 12.1 Å². The molecule has 1 unspecified atom stereocenters. The van der Waals surface area contributed by atoms with E-state index in [4.69, 9.17) is 11.8 Å². The maximum atomic E-state index is 5.72. The quantitative estimate of drug-likeness (QED) is 0.827. The number of hydrogen-bond acceptors (Lipinski definition) is 2. The number of para-hydroxylation sites is 1. The number of rotatable bonds is 3.